The second-order valence-corrected chi connectivity index (χ2v) is 5.16. The lowest BCUT2D eigenvalue weighted by Crippen LogP contribution is -2.28. The van der Waals surface area contributed by atoms with Gasteiger partial charge in [-0.1, -0.05) is 18.2 Å². The minimum atomic E-state index is 0.751. The van der Waals surface area contributed by atoms with Crippen molar-refractivity contribution >= 4 is 0 Å². The SMILES string of the molecule is CN1CCc2cccc(C3CCNC3)c2C1. The van der Waals surface area contributed by atoms with Crippen molar-refractivity contribution in [1.29, 1.82) is 0 Å². The third kappa shape index (κ3) is 1.76. The zero-order chi connectivity index (χ0) is 11.0. The minimum Gasteiger partial charge on any atom is -0.316 e. The van der Waals surface area contributed by atoms with Crippen molar-refractivity contribution in [3.63, 3.8) is 0 Å². The molecular formula is C14H20N2. The van der Waals surface area contributed by atoms with Crippen LogP contribution in [0.25, 0.3) is 0 Å². The molecule has 1 aromatic carbocycles. The molecule has 1 atom stereocenters. The summed E-state index contributed by atoms with van der Waals surface area (Å²) < 4.78 is 0. The molecule has 0 spiro atoms. The summed E-state index contributed by atoms with van der Waals surface area (Å²) in [5.74, 6) is 0.751. The molecule has 0 aliphatic carbocycles. The molecule has 1 saturated heterocycles. The van der Waals surface area contributed by atoms with Crippen molar-refractivity contribution in [2.45, 2.75) is 25.3 Å². The molecule has 86 valence electrons. The average Bonchev–Trinajstić information content (AvgIpc) is 2.81. The molecule has 2 heterocycles. The number of likely N-dealkylation sites (N-methyl/N-ethyl adjacent to an activating group) is 1. The number of fused-ring (bicyclic) bond motifs is 1. The van der Waals surface area contributed by atoms with E-state index in [0.717, 1.165) is 12.5 Å². The van der Waals surface area contributed by atoms with Gasteiger partial charge in [0, 0.05) is 19.6 Å². The Morgan fingerprint density at radius 1 is 1.38 bits per heavy atom. The van der Waals surface area contributed by atoms with Crippen LogP contribution in [-0.4, -0.2) is 31.6 Å². The van der Waals surface area contributed by atoms with E-state index in [-0.39, 0.29) is 0 Å². The zero-order valence-electron chi connectivity index (χ0n) is 10.00. The average molecular weight is 216 g/mol. The van der Waals surface area contributed by atoms with Gasteiger partial charge in [-0.25, -0.2) is 0 Å². The lowest BCUT2D eigenvalue weighted by molar-refractivity contribution is 0.311. The molecule has 2 aliphatic rings. The molecule has 1 fully saturated rings. The first-order valence-corrected chi connectivity index (χ1v) is 6.34. The Bertz CT molecular complexity index is 380. The molecule has 0 radical (unpaired) electrons. The quantitative estimate of drug-likeness (QED) is 0.769. The summed E-state index contributed by atoms with van der Waals surface area (Å²) in [5, 5.41) is 3.48. The van der Waals surface area contributed by atoms with Crippen molar-refractivity contribution in [3.05, 3.63) is 34.9 Å². The Morgan fingerprint density at radius 3 is 3.12 bits per heavy atom. The molecule has 0 aromatic heterocycles. The number of nitrogens with one attached hydrogen (secondary N) is 1. The highest BCUT2D eigenvalue weighted by Crippen LogP contribution is 2.30. The van der Waals surface area contributed by atoms with Gasteiger partial charge in [-0.05, 0) is 49.0 Å². The van der Waals surface area contributed by atoms with Crippen LogP contribution in [0.1, 0.15) is 29.0 Å². The van der Waals surface area contributed by atoms with Crippen LogP contribution >= 0.6 is 0 Å². The van der Waals surface area contributed by atoms with Gasteiger partial charge >= 0.3 is 0 Å². The van der Waals surface area contributed by atoms with Crippen LogP contribution in [0, 0.1) is 0 Å². The lowest BCUT2D eigenvalue weighted by atomic mass is 9.87. The normalized spacial score (nSPS) is 25.7. The molecule has 1 N–H and O–H groups in total. The number of hydrogen-bond acceptors (Lipinski definition) is 2. The van der Waals surface area contributed by atoms with E-state index in [1.54, 1.807) is 16.7 Å². The predicted octanol–water partition coefficient (Wildman–Crippen LogP) is 1.75. The molecule has 0 bridgehead atoms. The smallest absolute Gasteiger partial charge is 0.0236 e. The van der Waals surface area contributed by atoms with E-state index in [1.165, 1.54) is 32.5 Å². The highest BCUT2D eigenvalue weighted by Gasteiger charge is 2.23. The highest BCUT2D eigenvalue weighted by atomic mass is 15.1. The Morgan fingerprint density at radius 2 is 2.31 bits per heavy atom. The van der Waals surface area contributed by atoms with Crippen LogP contribution in [0.4, 0.5) is 0 Å². The standard InChI is InChI=1S/C14H20N2/c1-16-8-6-11-3-2-4-13(14(11)10-16)12-5-7-15-9-12/h2-4,12,15H,5-10H2,1H3. The van der Waals surface area contributed by atoms with Gasteiger partial charge < -0.3 is 10.2 Å². The Hall–Kier alpha value is -0.860. The lowest BCUT2D eigenvalue weighted by Gasteiger charge is -2.28. The number of nitrogens with zero attached hydrogens (tertiary/aromatic N) is 1. The number of benzene rings is 1. The summed E-state index contributed by atoms with van der Waals surface area (Å²) in [6.45, 7) is 4.70. The monoisotopic (exact) mass is 216 g/mol. The molecule has 2 aliphatic heterocycles. The Kier molecular flexibility index (Phi) is 2.70. The van der Waals surface area contributed by atoms with Crippen molar-refractivity contribution in [2.75, 3.05) is 26.7 Å². The van der Waals surface area contributed by atoms with E-state index in [4.69, 9.17) is 0 Å². The zero-order valence-corrected chi connectivity index (χ0v) is 10.00. The summed E-state index contributed by atoms with van der Waals surface area (Å²) in [5.41, 5.74) is 4.81. The predicted molar refractivity (Wildman–Crippen MR) is 66.7 cm³/mol. The maximum absolute atomic E-state index is 3.48. The van der Waals surface area contributed by atoms with E-state index in [0.29, 0.717) is 0 Å². The molecule has 1 aromatic rings. The van der Waals surface area contributed by atoms with Crippen molar-refractivity contribution < 1.29 is 0 Å². The van der Waals surface area contributed by atoms with Crippen LogP contribution in [0.3, 0.4) is 0 Å². The first kappa shape index (κ1) is 10.3. The van der Waals surface area contributed by atoms with Gasteiger partial charge in [-0.15, -0.1) is 0 Å². The third-order valence-electron chi connectivity index (χ3n) is 4.00. The van der Waals surface area contributed by atoms with Gasteiger partial charge in [0.05, 0.1) is 0 Å². The molecule has 1 unspecified atom stereocenters. The first-order chi connectivity index (χ1) is 7.84. The third-order valence-corrected chi connectivity index (χ3v) is 4.00. The maximum atomic E-state index is 3.48. The Labute approximate surface area is 97.6 Å². The van der Waals surface area contributed by atoms with Crippen LogP contribution in [0.5, 0.6) is 0 Å². The van der Waals surface area contributed by atoms with E-state index in [1.807, 2.05) is 0 Å². The molecule has 3 rings (SSSR count). The van der Waals surface area contributed by atoms with Crippen molar-refractivity contribution in [3.8, 4) is 0 Å². The highest BCUT2D eigenvalue weighted by molar-refractivity contribution is 5.39. The molecule has 16 heavy (non-hydrogen) atoms. The summed E-state index contributed by atoms with van der Waals surface area (Å²) in [4.78, 5) is 2.44. The Balaban J connectivity index is 1.98. The summed E-state index contributed by atoms with van der Waals surface area (Å²) >= 11 is 0. The van der Waals surface area contributed by atoms with Crippen molar-refractivity contribution in [1.82, 2.24) is 10.2 Å². The maximum Gasteiger partial charge on any atom is 0.0236 e. The van der Waals surface area contributed by atoms with Gasteiger partial charge in [-0.3, -0.25) is 0 Å². The van der Waals surface area contributed by atoms with E-state index in [9.17, 15) is 0 Å². The molecule has 2 heteroatoms. The van der Waals surface area contributed by atoms with Crippen molar-refractivity contribution in [2.24, 2.45) is 0 Å². The summed E-state index contributed by atoms with van der Waals surface area (Å²) in [6, 6.07) is 6.90. The second-order valence-electron chi connectivity index (χ2n) is 5.16. The van der Waals surface area contributed by atoms with Crippen LogP contribution < -0.4 is 5.32 Å². The number of hydrogen-bond donors (Lipinski definition) is 1. The van der Waals surface area contributed by atoms with Gasteiger partial charge in [-0.2, -0.15) is 0 Å². The van der Waals surface area contributed by atoms with E-state index in [2.05, 4.69) is 35.5 Å². The van der Waals surface area contributed by atoms with Gasteiger partial charge in [0.25, 0.3) is 0 Å². The fourth-order valence-corrected chi connectivity index (χ4v) is 3.04. The van der Waals surface area contributed by atoms with Crippen LogP contribution in [0.2, 0.25) is 0 Å². The first-order valence-electron chi connectivity index (χ1n) is 6.34. The van der Waals surface area contributed by atoms with Crippen LogP contribution in [0.15, 0.2) is 18.2 Å². The van der Waals surface area contributed by atoms with Crippen LogP contribution in [-0.2, 0) is 13.0 Å². The second kappa shape index (κ2) is 4.19. The number of rotatable bonds is 1. The fourth-order valence-electron chi connectivity index (χ4n) is 3.04. The summed E-state index contributed by atoms with van der Waals surface area (Å²) in [7, 11) is 2.23. The molecule has 0 saturated carbocycles. The fraction of sp³-hybridized carbons (Fsp3) is 0.571. The van der Waals surface area contributed by atoms with Gasteiger partial charge in [0.2, 0.25) is 0 Å². The van der Waals surface area contributed by atoms with Gasteiger partial charge in [0.1, 0.15) is 0 Å². The molecule has 0 amide bonds. The molecule has 2 nitrogen and oxygen atoms in total. The molecular weight excluding hydrogens is 196 g/mol. The van der Waals surface area contributed by atoms with E-state index < -0.39 is 0 Å². The largest absolute Gasteiger partial charge is 0.316 e. The summed E-state index contributed by atoms with van der Waals surface area (Å²) in [6.07, 6.45) is 2.53. The topological polar surface area (TPSA) is 15.3 Å². The van der Waals surface area contributed by atoms with E-state index >= 15 is 0 Å². The minimum absolute atomic E-state index is 0.751. The van der Waals surface area contributed by atoms with Gasteiger partial charge in [0.15, 0.2) is 0 Å².